The molecule has 0 bridgehead atoms. The SMILES string of the molecule is CCCOc1nc(Nc2ccc(C(C)(C)C)cc2)ncc1C(F)(F)F.CCOc1nc(Nc2ccc(C(C)(C)C)cc2)ncc1C(F)(F)F. The van der Waals surface area contributed by atoms with Crippen LogP contribution in [0.1, 0.15) is 84.1 Å². The molecule has 4 rings (SSSR count). The highest BCUT2D eigenvalue weighted by Crippen LogP contribution is 2.37. The molecular weight excluding hydrogens is 650 g/mol. The van der Waals surface area contributed by atoms with E-state index in [4.69, 9.17) is 9.47 Å². The third-order valence-corrected chi connectivity index (χ3v) is 6.86. The molecule has 4 aromatic rings. The minimum atomic E-state index is -4.56. The second-order valence-corrected chi connectivity index (χ2v) is 13.0. The maximum absolute atomic E-state index is 13.0. The molecule has 2 aromatic carbocycles. The Labute approximate surface area is 282 Å². The molecule has 0 atom stereocenters. The highest BCUT2D eigenvalue weighted by Gasteiger charge is 2.37. The second-order valence-electron chi connectivity index (χ2n) is 13.0. The van der Waals surface area contributed by atoms with Crippen LogP contribution in [0.25, 0.3) is 0 Å². The van der Waals surface area contributed by atoms with Crippen molar-refractivity contribution < 1.29 is 35.8 Å². The van der Waals surface area contributed by atoms with E-state index in [0.29, 0.717) is 17.8 Å². The van der Waals surface area contributed by atoms with Crippen LogP contribution in [0.5, 0.6) is 11.8 Å². The van der Waals surface area contributed by atoms with E-state index in [1.165, 1.54) is 0 Å². The summed E-state index contributed by atoms with van der Waals surface area (Å²) in [5, 5.41) is 5.80. The highest BCUT2D eigenvalue weighted by atomic mass is 19.4. The predicted molar refractivity (Wildman–Crippen MR) is 178 cm³/mol. The first-order valence-corrected chi connectivity index (χ1v) is 15.6. The molecule has 0 saturated carbocycles. The van der Waals surface area contributed by atoms with Crippen molar-refractivity contribution in [3.05, 3.63) is 83.2 Å². The fraction of sp³-hybridized carbons (Fsp3) is 0.429. The predicted octanol–water partition coefficient (Wildman–Crippen LogP) is 10.3. The van der Waals surface area contributed by atoms with Crippen molar-refractivity contribution in [3.63, 3.8) is 0 Å². The molecular formula is C35H42F6N6O2. The van der Waals surface area contributed by atoms with Gasteiger partial charge in [0.15, 0.2) is 0 Å². The molecule has 2 heterocycles. The summed E-state index contributed by atoms with van der Waals surface area (Å²) in [5.74, 6) is -0.829. The summed E-state index contributed by atoms with van der Waals surface area (Å²) in [7, 11) is 0. The first-order chi connectivity index (χ1) is 22.7. The monoisotopic (exact) mass is 692 g/mol. The molecule has 0 radical (unpaired) electrons. The van der Waals surface area contributed by atoms with Crippen LogP contribution in [0.15, 0.2) is 60.9 Å². The maximum Gasteiger partial charge on any atom is 0.423 e. The van der Waals surface area contributed by atoms with Crippen molar-refractivity contribution in [3.8, 4) is 11.8 Å². The van der Waals surface area contributed by atoms with Gasteiger partial charge < -0.3 is 20.1 Å². The maximum atomic E-state index is 13.0. The molecule has 0 spiro atoms. The average molecular weight is 693 g/mol. The van der Waals surface area contributed by atoms with Gasteiger partial charge in [0, 0.05) is 23.8 Å². The average Bonchev–Trinajstić information content (AvgIpc) is 2.99. The quantitative estimate of drug-likeness (QED) is 0.167. The Morgan fingerprint density at radius 3 is 1.24 bits per heavy atom. The fourth-order valence-corrected chi connectivity index (χ4v) is 4.16. The van der Waals surface area contributed by atoms with Crippen LogP contribution in [0.4, 0.5) is 49.6 Å². The molecule has 0 amide bonds. The number of aromatic nitrogens is 4. The molecule has 2 aromatic heterocycles. The lowest BCUT2D eigenvalue weighted by molar-refractivity contribution is -0.140. The van der Waals surface area contributed by atoms with E-state index in [2.05, 4.69) is 72.1 Å². The Hall–Kier alpha value is -4.62. The Balaban J connectivity index is 0.000000266. The van der Waals surface area contributed by atoms with E-state index in [9.17, 15) is 26.3 Å². The molecule has 0 aliphatic heterocycles. The Bertz CT molecular complexity index is 1650. The van der Waals surface area contributed by atoms with Crippen LogP contribution < -0.4 is 20.1 Å². The van der Waals surface area contributed by atoms with E-state index >= 15 is 0 Å². The molecule has 8 nitrogen and oxygen atoms in total. The van der Waals surface area contributed by atoms with E-state index in [1.807, 2.05) is 55.5 Å². The molecule has 266 valence electrons. The zero-order valence-electron chi connectivity index (χ0n) is 28.8. The van der Waals surface area contributed by atoms with Crippen LogP contribution in [-0.4, -0.2) is 33.1 Å². The van der Waals surface area contributed by atoms with Crippen LogP contribution >= 0.6 is 0 Å². The van der Waals surface area contributed by atoms with E-state index in [1.54, 1.807) is 6.92 Å². The number of ether oxygens (including phenoxy) is 2. The van der Waals surface area contributed by atoms with Gasteiger partial charge in [-0.25, -0.2) is 9.97 Å². The first-order valence-electron chi connectivity index (χ1n) is 15.6. The molecule has 0 saturated heterocycles. The third-order valence-electron chi connectivity index (χ3n) is 6.86. The topological polar surface area (TPSA) is 94.1 Å². The number of halogens is 6. The Morgan fingerprint density at radius 1 is 0.571 bits per heavy atom. The minimum Gasteiger partial charge on any atom is -0.477 e. The number of nitrogens with zero attached hydrogens (tertiary/aromatic N) is 4. The first kappa shape index (κ1) is 38.8. The largest absolute Gasteiger partial charge is 0.477 e. The van der Waals surface area contributed by atoms with Crippen LogP contribution in [0.3, 0.4) is 0 Å². The van der Waals surface area contributed by atoms with Crippen LogP contribution in [-0.2, 0) is 23.2 Å². The molecule has 0 fully saturated rings. The number of hydrogen-bond acceptors (Lipinski definition) is 8. The zero-order chi connectivity index (χ0) is 36.6. The molecule has 0 aliphatic carbocycles. The summed E-state index contributed by atoms with van der Waals surface area (Å²) in [6.45, 7) is 16.3. The molecule has 0 unspecified atom stereocenters. The summed E-state index contributed by atoms with van der Waals surface area (Å²) in [6, 6.07) is 15.2. The standard InChI is InChI=1S/C18H22F3N3O.C17H20F3N3O/c1-5-10-25-15-14(18(19,20)21)11-22-16(24-15)23-13-8-6-12(7-9-13)17(2,3)4;1-5-24-14-13(17(18,19)20)10-21-15(23-14)22-12-8-6-11(7-9-12)16(2,3)4/h6-9,11H,5,10H2,1-4H3,(H,22,23,24);6-10H,5H2,1-4H3,(H,21,22,23). The number of nitrogens with one attached hydrogen (secondary N) is 2. The van der Waals surface area contributed by atoms with Gasteiger partial charge in [0.2, 0.25) is 23.7 Å². The van der Waals surface area contributed by atoms with E-state index in [0.717, 1.165) is 23.5 Å². The van der Waals surface area contributed by atoms with Crippen molar-refractivity contribution in [2.45, 2.75) is 85.0 Å². The smallest absolute Gasteiger partial charge is 0.423 e. The summed E-state index contributed by atoms with van der Waals surface area (Å²) >= 11 is 0. The number of anilines is 4. The van der Waals surface area contributed by atoms with Crippen molar-refractivity contribution in [1.82, 2.24) is 19.9 Å². The van der Waals surface area contributed by atoms with Crippen molar-refractivity contribution in [2.24, 2.45) is 0 Å². The van der Waals surface area contributed by atoms with Crippen LogP contribution in [0, 0.1) is 0 Å². The summed E-state index contributed by atoms with van der Waals surface area (Å²) in [4.78, 5) is 15.2. The number of alkyl halides is 6. The van der Waals surface area contributed by atoms with Gasteiger partial charge in [-0.2, -0.15) is 36.3 Å². The molecule has 14 heteroatoms. The van der Waals surface area contributed by atoms with Gasteiger partial charge in [0.05, 0.1) is 13.2 Å². The number of benzene rings is 2. The number of rotatable bonds is 9. The number of hydrogen-bond donors (Lipinski definition) is 2. The zero-order valence-corrected chi connectivity index (χ0v) is 28.8. The van der Waals surface area contributed by atoms with Gasteiger partial charge in [-0.15, -0.1) is 0 Å². The molecule has 0 aliphatic rings. The van der Waals surface area contributed by atoms with Gasteiger partial charge in [-0.05, 0) is 59.6 Å². The van der Waals surface area contributed by atoms with E-state index < -0.39 is 35.2 Å². The van der Waals surface area contributed by atoms with Crippen molar-refractivity contribution in [2.75, 3.05) is 23.8 Å². The van der Waals surface area contributed by atoms with Gasteiger partial charge in [0.25, 0.3) is 0 Å². The van der Waals surface area contributed by atoms with Gasteiger partial charge in [0.1, 0.15) is 11.1 Å². The third kappa shape index (κ3) is 11.5. The molecule has 49 heavy (non-hydrogen) atoms. The van der Waals surface area contributed by atoms with Crippen molar-refractivity contribution in [1.29, 1.82) is 0 Å². The Kier molecular flexibility index (Phi) is 12.5. The second kappa shape index (κ2) is 15.7. The highest BCUT2D eigenvalue weighted by molar-refractivity contribution is 5.56. The fourth-order valence-electron chi connectivity index (χ4n) is 4.16. The van der Waals surface area contributed by atoms with Gasteiger partial charge in [-0.3, -0.25) is 0 Å². The minimum absolute atomic E-state index is 0.0184. The van der Waals surface area contributed by atoms with Gasteiger partial charge >= 0.3 is 12.4 Å². The van der Waals surface area contributed by atoms with Crippen LogP contribution in [0.2, 0.25) is 0 Å². The summed E-state index contributed by atoms with van der Waals surface area (Å²) < 4.78 is 87.9. The summed E-state index contributed by atoms with van der Waals surface area (Å²) in [5.41, 5.74) is 1.75. The van der Waals surface area contributed by atoms with Crippen molar-refractivity contribution >= 4 is 23.3 Å². The lowest BCUT2D eigenvalue weighted by atomic mass is 9.87. The summed E-state index contributed by atoms with van der Waals surface area (Å²) in [6.07, 6.45) is -7.07. The lowest BCUT2D eigenvalue weighted by Gasteiger charge is -2.19. The normalized spacial score (nSPS) is 12.1. The van der Waals surface area contributed by atoms with Gasteiger partial charge in [-0.1, -0.05) is 72.7 Å². The molecule has 2 N–H and O–H groups in total. The lowest BCUT2D eigenvalue weighted by Crippen LogP contribution is -2.13. The Morgan fingerprint density at radius 2 is 0.939 bits per heavy atom. The van der Waals surface area contributed by atoms with E-state index in [-0.39, 0.29) is 35.9 Å².